The van der Waals surface area contributed by atoms with Crippen LogP contribution in [-0.2, 0) is 9.53 Å². The van der Waals surface area contributed by atoms with Crippen LogP contribution in [0.4, 0.5) is 0 Å². The molecule has 0 aliphatic carbocycles. The molecule has 1 aliphatic heterocycles. The summed E-state index contributed by atoms with van der Waals surface area (Å²) in [4.78, 5) is 14.1. The van der Waals surface area contributed by atoms with Crippen LogP contribution in [-0.4, -0.2) is 42.6 Å². The molecule has 0 spiro atoms. The highest BCUT2D eigenvalue weighted by Crippen LogP contribution is 2.20. The third-order valence-electron chi connectivity index (χ3n) is 4.16. The molecule has 0 bridgehead atoms. The number of hydrogen-bond donors (Lipinski definition) is 1. The number of rotatable bonds is 7. The first kappa shape index (κ1) is 20.7. The van der Waals surface area contributed by atoms with Crippen LogP contribution in [0.1, 0.15) is 53.4 Å². The van der Waals surface area contributed by atoms with E-state index in [0.717, 1.165) is 32.4 Å². The van der Waals surface area contributed by atoms with E-state index in [1.807, 2.05) is 4.90 Å². The number of piperidine rings is 1. The molecule has 0 aromatic rings. The first-order chi connectivity index (χ1) is 9.40. The second-order valence-corrected chi connectivity index (χ2v) is 6.64. The number of nitrogens with two attached hydrogens (primary N) is 1. The zero-order chi connectivity index (χ0) is 15.1. The maximum absolute atomic E-state index is 12.1. The summed E-state index contributed by atoms with van der Waals surface area (Å²) in [5, 5.41) is 0. The normalized spacial score (nSPS) is 19.2. The van der Waals surface area contributed by atoms with Gasteiger partial charge >= 0.3 is 0 Å². The van der Waals surface area contributed by atoms with E-state index >= 15 is 0 Å². The van der Waals surface area contributed by atoms with Crippen molar-refractivity contribution in [2.45, 2.75) is 65.5 Å². The summed E-state index contributed by atoms with van der Waals surface area (Å²) in [5.74, 6) is 1.43. The number of ether oxygens (including phenoxy) is 1. The van der Waals surface area contributed by atoms with E-state index < -0.39 is 0 Å². The summed E-state index contributed by atoms with van der Waals surface area (Å²) in [6.45, 7) is 10.8. The van der Waals surface area contributed by atoms with Crippen molar-refractivity contribution in [1.82, 2.24) is 4.90 Å². The number of nitrogens with zero attached hydrogens (tertiary/aromatic N) is 1. The molecule has 21 heavy (non-hydrogen) atoms. The second kappa shape index (κ2) is 10.4. The van der Waals surface area contributed by atoms with Crippen molar-refractivity contribution in [3.05, 3.63) is 0 Å². The highest BCUT2D eigenvalue weighted by molar-refractivity contribution is 5.85. The smallest absolute Gasteiger partial charge is 0.224 e. The molecular weight excluding hydrogens is 288 g/mol. The molecule has 2 N–H and O–H groups in total. The average molecular weight is 321 g/mol. The summed E-state index contributed by atoms with van der Waals surface area (Å²) in [6.07, 6.45) is 3.87. The number of carbonyl (C=O) groups excluding carboxylic acids is 1. The highest BCUT2D eigenvalue weighted by Gasteiger charge is 2.24. The van der Waals surface area contributed by atoms with Gasteiger partial charge in [0.2, 0.25) is 5.91 Å². The van der Waals surface area contributed by atoms with Crippen molar-refractivity contribution >= 4 is 18.3 Å². The molecule has 4 nitrogen and oxygen atoms in total. The summed E-state index contributed by atoms with van der Waals surface area (Å²) < 4.78 is 5.71. The fourth-order valence-corrected chi connectivity index (χ4v) is 2.91. The molecule has 0 aromatic carbocycles. The van der Waals surface area contributed by atoms with Gasteiger partial charge in [0.05, 0.1) is 19.1 Å². The molecule has 1 aliphatic rings. The minimum atomic E-state index is 0. The van der Waals surface area contributed by atoms with Crippen LogP contribution in [0.15, 0.2) is 0 Å². The van der Waals surface area contributed by atoms with Crippen LogP contribution in [0.5, 0.6) is 0 Å². The lowest BCUT2D eigenvalue weighted by Gasteiger charge is -2.33. The van der Waals surface area contributed by atoms with Crippen molar-refractivity contribution in [2.24, 2.45) is 17.6 Å². The average Bonchev–Trinajstić information content (AvgIpc) is 2.37. The van der Waals surface area contributed by atoms with Crippen molar-refractivity contribution in [2.75, 3.05) is 19.7 Å². The lowest BCUT2D eigenvalue weighted by atomic mass is 9.91. The molecule has 0 aromatic heterocycles. The van der Waals surface area contributed by atoms with E-state index in [4.69, 9.17) is 10.5 Å². The fourth-order valence-electron chi connectivity index (χ4n) is 2.91. The van der Waals surface area contributed by atoms with Gasteiger partial charge in [-0.1, -0.05) is 13.8 Å². The van der Waals surface area contributed by atoms with Crippen molar-refractivity contribution in [1.29, 1.82) is 0 Å². The molecular formula is C16H33ClN2O2. The predicted octanol–water partition coefficient (Wildman–Crippen LogP) is 2.84. The van der Waals surface area contributed by atoms with E-state index in [2.05, 4.69) is 27.7 Å². The molecule has 2 atom stereocenters. The largest absolute Gasteiger partial charge is 0.378 e. The zero-order valence-corrected chi connectivity index (χ0v) is 14.8. The van der Waals surface area contributed by atoms with E-state index in [1.165, 1.54) is 0 Å². The quantitative estimate of drug-likeness (QED) is 0.784. The van der Waals surface area contributed by atoms with E-state index in [1.54, 1.807) is 0 Å². The number of carbonyl (C=O) groups is 1. The van der Waals surface area contributed by atoms with Crippen molar-refractivity contribution in [3.8, 4) is 0 Å². The molecule has 1 fully saturated rings. The van der Waals surface area contributed by atoms with Crippen molar-refractivity contribution < 1.29 is 9.53 Å². The van der Waals surface area contributed by atoms with Gasteiger partial charge in [-0.3, -0.25) is 4.79 Å². The lowest BCUT2D eigenvalue weighted by molar-refractivity contribution is -0.134. The maximum Gasteiger partial charge on any atom is 0.224 e. The third kappa shape index (κ3) is 8.03. The predicted molar refractivity (Wildman–Crippen MR) is 89.7 cm³/mol. The van der Waals surface area contributed by atoms with E-state index in [0.29, 0.717) is 24.9 Å². The topological polar surface area (TPSA) is 55.6 Å². The van der Waals surface area contributed by atoms with Gasteiger partial charge in [0, 0.05) is 19.1 Å². The molecule has 1 amide bonds. The van der Waals surface area contributed by atoms with Crippen LogP contribution in [0, 0.1) is 11.8 Å². The Morgan fingerprint density at radius 1 is 1.24 bits per heavy atom. The molecule has 0 radical (unpaired) electrons. The van der Waals surface area contributed by atoms with Crippen LogP contribution in [0.25, 0.3) is 0 Å². The molecule has 1 saturated heterocycles. The molecule has 5 heteroatoms. The van der Waals surface area contributed by atoms with Crippen LogP contribution < -0.4 is 5.73 Å². The van der Waals surface area contributed by atoms with Crippen LogP contribution >= 0.6 is 12.4 Å². The molecule has 1 rings (SSSR count). The highest BCUT2D eigenvalue weighted by atomic mass is 35.5. The molecule has 126 valence electrons. The minimum absolute atomic E-state index is 0. The Morgan fingerprint density at radius 3 is 2.29 bits per heavy atom. The van der Waals surface area contributed by atoms with Gasteiger partial charge in [-0.15, -0.1) is 12.4 Å². The summed E-state index contributed by atoms with van der Waals surface area (Å²) in [6, 6.07) is 0.243. The Hall–Kier alpha value is -0.320. The van der Waals surface area contributed by atoms with Gasteiger partial charge in [-0.05, 0) is 44.9 Å². The fraction of sp³-hybridized carbons (Fsp3) is 0.938. The Morgan fingerprint density at radius 2 is 1.81 bits per heavy atom. The maximum atomic E-state index is 12.1. The summed E-state index contributed by atoms with van der Waals surface area (Å²) in [7, 11) is 0. The Kier molecular flexibility index (Phi) is 10.3. The monoisotopic (exact) mass is 320 g/mol. The minimum Gasteiger partial charge on any atom is -0.378 e. The van der Waals surface area contributed by atoms with Crippen molar-refractivity contribution in [3.63, 3.8) is 0 Å². The number of amides is 1. The van der Waals surface area contributed by atoms with Gasteiger partial charge in [0.15, 0.2) is 0 Å². The number of likely N-dealkylation sites (tertiary alicyclic amines) is 1. The molecule has 1 heterocycles. The molecule has 2 unspecified atom stereocenters. The summed E-state index contributed by atoms with van der Waals surface area (Å²) >= 11 is 0. The third-order valence-corrected chi connectivity index (χ3v) is 4.16. The SMILES string of the molecule is CC(C)CC(C)OCCC(=O)N1CCC(C(C)N)CC1.Cl. The molecule has 0 saturated carbocycles. The van der Waals surface area contributed by atoms with Gasteiger partial charge in [0.1, 0.15) is 0 Å². The van der Waals surface area contributed by atoms with E-state index in [9.17, 15) is 4.79 Å². The Bertz CT molecular complexity index is 290. The Labute approximate surface area is 136 Å². The number of hydrogen-bond acceptors (Lipinski definition) is 3. The zero-order valence-electron chi connectivity index (χ0n) is 14.0. The van der Waals surface area contributed by atoms with Gasteiger partial charge < -0.3 is 15.4 Å². The first-order valence-corrected chi connectivity index (χ1v) is 8.05. The van der Waals surface area contributed by atoms with Gasteiger partial charge in [-0.2, -0.15) is 0 Å². The lowest BCUT2D eigenvalue weighted by Crippen LogP contribution is -2.42. The van der Waals surface area contributed by atoms with Gasteiger partial charge in [0.25, 0.3) is 0 Å². The summed E-state index contributed by atoms with van der Waals surface area (Å²) in [5.41, 5.74) is 5.92. The van der Waals surface area contributed by atoms with Gasteiger partial charge in [-0.25, -0.2) is 0 Å². The van der Waals surface area contributed by atoms with E-state index in [-0.39, 0.29) is 30.5 Å². The Balaban J connectivity index is 0.00000400. The second-order valence-electron chi connectivity index (χ2n) is 6.64. The van der Waals surface area contributed by atoms with Crippen LogP contribution in [0.2, 0.25) is 0 Å². The first-order valence-electron chi connectivity index (χ1n) is 8.05. The standard InChI is InChI=1S/C16H32N2O2.ClH/c1-12(2)11-13(3)20-10-7-16(19)18-8-5-15(6-9-18)14(4)17;/h12-15H,5-11,17H2,1-4H3;1H. The van der Waals surface area contributed by atoms with Crippen LogP contribution in [0.3, 0.4) is 0 Å². The number of halogens is 1.